The molecular weight excluding hydrogens is 649 g/mol. The van der Waals surface area contributed by atoms with Crippen molar-refractivity contribution in [2.24, 2.45) is 0 Å². The highest BCUT2D eigenvalue weighted by molar-refractivity contribution is 6.17. The fraction of sp³-hybridized carbons (Fsp3) is 0. The lowest BCUT2D eigenvalue weighted by Gasteiger charge is -2.28. The number of furan rings is 1. The lowest BCUT2D eigenvalue weighted by molar-refractivity contribution is 0.619. The molecule has 250 valence electrons. The van der Waals surface area contributed by atoms with E-state index in [0.717, 1.165) is 72.4 Å². The summed E-state index contributed by atoms with van der Waals surface area (Å²) in [5.74, 6) is 0.599. The average Bonchev–Trinajstić information content (AvgIpc) is 3.84. The lowest BCUT2D eigenvalue weighted by Crippen LogP contribution is -2.11. The van der Waals surface area contributed by atoms with Gasteiger partial charge in [-0.15, -0.1) is 0 Å². The van der Waals surface area contributed by atoms with Crippen molar-refractivity contribution >= 4 is 50.1 Å². The Hall–Kier alpha value is -7.17. The molecule has 53 heavy (non-hydrogen) atoms. The molecule has 8 aromatic carbocycles. The second kappa shape index (κ2) is 12.9. The minimum atomic E-state index is 0.599. The minimum absolute atomic E-state index is 0.599. The van der Waals surface area contributed by atoms with Crippen LogP contribution in [-0.4, -0.2) is 4.98 Å². The number of oxazole rings is 1. The minimum Gasteiger partial charge on any atom is -0.456 e. The van der Waals surface area contributed by atoms with Gasteiger partial charge in [0.1, 0.15) is 16.7 Å². The Kier molecular flexibility index (Phi) is 7.43. The van der Waals surface area contributed by atoms with Crippen molar-refractivity contribution in [2.75, 3.05) is 4.90 Å². The molecule has 4 nitrogen and oxygen atoms in total. The van der Waals surface area contributed by atoms with E-state index in [4.69, 9.17) is 13.8 Å². The zero-order chi connectivity index (χ0) is 35.1. The van der Waals surface area contributed by atoms with Crippen LogP contribution in [0.1, 0.15) is 0 Å². The normalized spacial score (nSPS) is 11.4. The molecule has 10 rings (SSSR count). The second-order valence-corrected chi connectivity index (χ2v) is 13.2. The van der Waals surface area contributed by atoms with Gasteiger partial charge in [0.05, 0.1) is 11.1 Å². The van der Waals surface area contributed by atoms with E-state index in [2.05, 4.69) is 157 Å². The molecule has 0 aliphatic rings. The number of fused-ring (bicyclic) bond motifs is 5. The van der Waals surface area contributed by atoms with E-state index in [-0.39, 0.29) is 0 Å². The quantitative estimate of drug-likeness (QED) is 0.168. The Morgan fingerprint density at radius 1 is 0.377 bits per heavy atom. The van der Waals surface area contributed by atoms with Crippen molar-refractivity contribution < 1.29 is 8.83 Å². The molecule has 10 aromatic rings. The highest BCUT2D eigenvalue weighted by Crippen LogP contribution is 2.43. The molecule has 0 aliphatic heterocycles. The topological polar surface area (TPSA) is 42.4 Å². The van der Waals surface area contributed by atoms with Gasteiger partial charge in [0.2, 0.25) is 5.89 Å². The van der Waals surface area contributed by atoms with Crippen molar-refractivity contribution in [2.45, 2.75) is 0 Å². The van der Waals surface area contributed by atoms with Gasteiger partial charge in [-0.25, -0.2) is 4.98 Å². The van der Waals surface area contributed by atoms with Gasteiger partial charge in [0, 0.05) is 27.9 Å². The van der Waals surface area contributed by atoms with Crippen LogP contribution in [0.25, 0.3) is 77.9 Å². The maximum absolute atomic E-state index is 6.31. The molecule has 0 spiro atoms. The first kappa shape index (κ1) is 30.6. The fourth-order valence-electron chi connectivity index (χ4n) is 7.33. The Morgan fingerprint density at radius 2 is 0.887 bits per heavy atom. The SMILES string of the molecule is c1ccc(-c2ccc(N(c3ccc(-c4ccc5oc6ccc7oc(-c8ccccc8)nc7c6c5c4)cc3)c3ccccc3-c3ccccc3)cc2)cc1. The molecule has 0 N–H and O–H groups in total. The first-order valence-electron chi connectivity index (χ1n) is 17.8. The third kappa shape index (κ3) is 5.54. The molecular formula is C49H32N2O2. The molecule has 0 amide bonds. The number of hydrogen-bond donors (Lipinski definition) is 0. The number of aromatic nitrogens is 1. The summed E-state index contributed by atoms with van der Waals surface area (Å²) in [6, 6.07) is 67.7. The van der Waals surface area contributed by atoms with Crippen LogP contribution >= 0.6 is 0 Å². The summed E-state index contributed by atoms with van der Waals surface area (Å²) in [6.45, 7) is 0. The standard InChI is InChI=1S/C49H32N2O2/c1-4-12-33(13-5-1)34-20-25-39(26-21-34)51(43-19-11-10-18-41(43)36-14-6-2-7-15-36)40-27-22-35(23-28-40)38-24-29-44-42(32-38)47-45(52-44)30-31-46-48(47)50-49(53-46)37-16-8-3-9-17-37/h1-32H. The summed E-state index contributed by atoms with van der Waals surface area (Å²) in [4.78, 5) is 7.29. The van der Waals surface area contributed by atoms with Gasteiger partial charge < -0.3 is 13.7 Å². The molecule has 0 saturated carbocycles. The number of nitrogens with zero attached hydrogens (tertiary/aromatic N) is 2. The van der Waals surface area contributed by atoms with Crippen LogP contribution < -0.4 is 4.90 Å². The molecule has 0 saturated heterocycles. The summed E-state index contributed by atoms with van der Waals surface area (Å²) < 4.78 is 12.5. The number of hydrogen-bond acceptors (Lipinski definition) is 4. The lowest BCUT2D eigenvalue weighted by atomic mass is 10.00. The summed E-state index contributed by atoms with van der Waals surface area (Å²) >= 11 is 0. The van der Waals surface area contributed by atoms with Crippen molar-refractivity contribution in [3.63, 3.8) is 0 Å². The highest BCUT2D eigenvalue weighted by Gasteiger charge is 2.19. The van der Waals surface area contributed by atoms with Gasteiger partial charge in [0.15, 0.2) is 5.58 Å². The average molecular weight is 681 g/mol. The van der Waals surface area contributed by atoms with E-state index in [1.165, 1.54) is 16.7 Å². The van der Waals surface area contributed by atoms with Gasteiger partial charge in [0.25, 0.3) is 0 Å². The highest BCUT2D eigenvalue weighted by atomic mass is 16.4. The molecule has 0 aliphatic carbocycles. The van der Waals surface area contributed by atoms with E-state index in [1.54, 1.807) is 0 Å². The van der Waals surface area contributed by atoms with Crippen LogP contribution in [0.4, 0.5) is 17.1 Å². The smallest absolute Gasteiger partial charge is 0.227 e. The first-order valence-corrected chi connectivity index (χ1v) is 17.8. The molecule has 0 unspecified atom stereocenters. The molecule has 0 fully saturated rings. The third-order valence-corrected chi connectivity index (χ3v) is 9.93. The summed E-state index contributed by atoms with van der Waals surface area (Å²) in [6.07, 6.45) is 0. The second-order valence-electron chi connectivity index (χ2n) is 13.2. The Labute approximate surface area is 306 Å². The predicted octanol–water partition coefficient (Wildman–Crippen LogP) is 13.9. The molecule has 2 heterocycles. The Balaban J connectivity index is 1.06. The summed E-state index contributed by atoms with van der Waals surface area (Å²) in [5, 5.41) is 1.97. The monoisotopic (exact) mass is 680 g/mol. The number of para-hydroxylation sites is 1. The predicted molar refractivity (Wildman–Crippen MR) is 218 cm³/mol. The summed E-state index contributed by atoms with van der Waals surface area (Å²) in [7, 11) is 0. The van der Waals surface area contributed by atoms with Gasteiger partial charge in [-0.2, -0.15) is 0 Å². The fourth-order valence-corrected chi connectivity index (χ4v) is 7.33. The largest absolute Gasteiger partial charge is 0.456 e. The Bertz CT molecular complexity index is 2860. The van der Waals surface area contributed by atoms with Crippen LogP contribution in [0.2, 0.25) is 0 Å². The number of anilines is 3. The van der Waals surface area contributed by atoms with Gasteiger partial charge >= 0.3 is 0 Å². The van der Waals surface area contributed by atoms with E-state index >= 15 is 0 Å². The zero-order valence-electron chi connectivity index (χ0n) is 28.7. The van der Waals surface area contributed by atoms with E-state index in [0.29, 0.717) is 5.89 Å². The third-order valence-electron chi connectivity index (χ3n) is 9.93. The molecule has 0 radical (unpaired) electrons. The van der Waals surface area contributed by atoms with Crippen LogP contribution in [0.5, 0.6) is 0 Å². The zero-order valence-corrected chi connectivity index (χ0v) is 28.7. The van der Waals surface area contributed by atoms with Crippen LogP contribution in [0.15, 0.2) is 203 Å². The van der Waals surface area contributed by atoms with Crippen molar-refractivity contribution in [1.29, 1.82) is 0 Å². The van der Waals surface area contributed by atoms with Crippen LogP contribution in [0.3, 0.4) is 0 Å². The van der Waals surface area contributed by atoms with E-state index < -0.39 is 0 Å². The molecule has 4 heteroatoms. The van der Waals surface area contributed by atoms with E-state index in [9.17, 15) is 0 Å². The van der Waals surface area contributed by atoms with Gasteiger partial charge in [-0.05, 0) is 94.5 Å². The van der Waals surface area contributed by atoms with Crippen LogP contribution in [-0.2, 0) is 0 Å². The number of rotatable bonds is 7. The summed E-state index contributed by atoms with van der Waals surface area (Å²) in [5.41, 5.74) is 14.3. The van der Waals surface area contributed by atoms with Crippen molar-refractivity contribution in [3.8, 4) is 44.8 Å². The molecule has 2 aromatic heterocycles. The maximum atomic E-state index is 6.31. The van der Waals surface area contributed by atoms with Crippen molar-refractivity contribution in [3.05, 3.63) is 194 Å². The van der Waals surface area contributed by atoms with E-state index in [1.807, 2.05) is 42.5 Å². The van der Waals surface area contributed by atoms with Crippen LogP contribution in [0, 0.1) is 0 Å². The molecule has 0 bridgehead atoms. The van der Waals surface area contributed by atoms with Gasteiger partial charge in [-0.1, -0.05) is 127 Å². The number of benzene rings is 8. The molecule has 0 atom stereocenters. The van der Waals surface area contributed by atoms with Crippen molar-refractivity contribution in [1.82, 2.24) is 4.98 Å². The van der Waals surface area contributed by atoms with Gasteiger partial charge in [-0.3, -0.25) is 0 Å². The maximum Gasteiger partial charge on any atom is 0.227 e. The Morgan fingerprint density at radius 3 is 1.57 bits per heavy atom. The first-order chi connectivity index (χ1) is 26.3.